The van der Waals surface area contributed by atoms with Gasteiger partial charge in [-0.1, -0.05) is 12.1 Å². The highest BCUT2D eigenvalue weighted by molar-refractivity contribution is 5.81. The largest absolute Gasteiger partial charge is 0.497 e. The van der Waals surface area contributed by atoms with E-state index in [9.17, 15) is 4.79 Å². The van der Waals surface area contributed by atoms with Crippen LogP contribution in [0.1, 0.15) is 30.0 Å². The Morgan fingerprint density at radius 3 is 2.70 bits per heavy atom. The highest BCUT2D eigenvalue weighted by atomic mass is 16.5. The van der Waals surface area contributed by atoms with E-state index < -0.39 is 0 Å². The number of rotatable bonds is 5. The average molecular weight is 365 g/mol. The van der Waals surface area contributed by atoms with Crippen LogP contribution in [0.15, 0.2) is 57.7 Å². The Morgan fingerprint density at radius 2 is 1.89 bits per heavy atom. The molecule has 2 aromatic carbocycles. The van der Waals surface area contributed by atoms with Gasteiger partial charge in [0, 0.05) is 30.1 Å². The van der Waals surface area contributed by atoms with Gasteiger partial charge < -0.3 is 13.9 Å². The number of fused-ring (bicyclic) bond motifs is 1. The van der Waals surface area contributed by atoms with E-state index in [1.165, 1.54) is 5.56 Å². The van der Waals surface area contributed by atoms with Crippen molar-refractivity contribution in [1.82, 2.24) is 4.90 Å². The number of benzene rings is 2. The lowest BCUT2D eigenvalue weighted by atomic mass is 10.0. The monoisotopic (exact) mass is 365 g/mol. The van der Waals surface area contributed by atoms with Crippen molar-refractivity contribution in [3.63, 3.8) is 0 Å². The summed E-state index contributed by atoms with van der Waals surface area (Å²) in [5.74, 6) is 1.55. The van der Waals surface area contributed by atoms with Crippen molar-refractivity contribution in [2.45, 2.75) is 25.4 Å². The van der Waals surface area contributed by atoms with Crippen LogP contribution < -0.4 is 15.1 Å². The first-order valence-electron chi connectivity index (χ1n) is 9.16. The van der Waals surface area contributed by atoms with Gasteiger partial charge in [-0.05, 0) is 54.8 Å². The van der Waals surface area contributed by atoms with Gasteiger partial charge in [0.25, 0.3) is 0 Å². The van der Waals surface area contributed by atoms with Crippen molar-refractivity contribution in [3.8, 4) is 11.5 Å². The SMILES string of the molecule is COc1cccc([C@@H]2CCCN2Cc2cc(=O)oc3cc(OC)ccc23)c1. The van der Waals surface area contributed by atoms with Gasteiger partial charge in [0.05, 0.1) is 14.2 Å². The number of hydrogen-bond donors (Lipinski definition) is 0. The maximum atomic E-state index is 12.1. The van der Waals surface area contributed by atoms with Gasteiger partial charge in [-0.2, -0.15) is 0 Å². The second kappa shape index (κ2) is 7.45. The van der Waals surface area contributed by atoms with Crippen LogP contribution in [0, 0.1) is 0 Å². The molecule has 1 aliphatic heterocycles. The molecular weight excluding hydrogens is 342 g/mol. The minimum atomic E-state index is -0.331. The van der Waals surface area contributed by atoms with Crippen LogP contribution in [0.25, 0.3) is 11.0 Å². The van der Waals surface area contributed by atoms with Crippen LogP contribution in [0.3, 0.4) is 0 Å². The second-order valence-corrected chi connectivity index (χ2v) is 6.86. The minimum Gasteiger partial charge on any atom is -0.497 e. The molecule has 1 atom stereocenters. The Kier molecular flexibility index (Phi) is 4.86. The highest BCUT2D eigenvalue weighted by Gasteiger charge is 2.27. The van der Waals surface area contributed by atoms with Crippen molar-refractivity contribution in [2.24, 2.45) is 0 Å². The standard InChI is InChI=1S/C22H23NO4/c1-25-17-6-3-5-15(11-17)20-7-4-10-23(20)14-16-12-22(24)27-21-13-18(26-2)8-9-19(16)21/h3,5-6,8-9,11-13,20H,4,7,10,14H2,1-2H3/t20-/m0/s1. The quantitative estimate of drug-likeness (QED) is 0.636. The lowest BCUT2D eigenvalue weighted by Crippen LogP contribution is -2.23. The molecular formula is C22H23NO4. The normalized spacial score (nSPS) is 17.3. The summed E-state index contributed by atoms with van der Waals surface area (Å²) in [4.78, 5) is 14.5. The maximum absolute atomic E-state index is 12.1. The van der Waals surface area contributed by atoms with E-state index in [-0.39, 0.29) is 5.63 Å². The number of likely N-dealkylation sites (tertiary alicyclic amines) is 1. The fourth-order valence-corrected chi connectivity index (χ4v) is 3.93. The van der Waals surface area contributed by atoms with Crippen molar-refractivity contribution >= 4 is 11.0 Å². The third kappa shape index (κ3) is 3.55. The van der Waals surface area contributed by atoms with Gasteiger partial charge in [0.2, 0.25) is 0 Å². The second-order valence-electron chi connectivity index (χ2n) is 6.86. The molecule has 1 fully saturated rings. The van der Waals surface area contributed by atoms with Gasteiger partial charge in [0.1, 0.15) is 17.1 Å². The van der Waals surface area contributed by atoms with Gasteiger partial charge in [0.15, 0.2) is 0 Å². The molecule has 0 unspecified atom stereocenters. The summed E-state index contributed by atoms with van der Waals surface area (Å²) in [6, 6.07) is 15.8. The van der Waals surface area contributed by atoms with E-state index in [4.69, 9.17) is 13.9 Å². The molecule has 1 aromatic heterocycles. The molecule has 0 spiro atoms. The zero-order valence-electron chi connectivity index (χ0n) is 15.6. The topological polar surface area (TPSA) is 51.9 Å². The molecule has 4 rings (SSSR count). The van der Waals surface area contributed by atoms with Gasteiger partial charge >= 0.3 is 5.63 Å². The molecule has 0 saturated carbocycles. The Hall–Kier alpha value is -2.79. The van der Waals surface area contributed by atoms with Crippen molar-refractivity contribution < 1.29 is 13.9 Å². The summed E-state index contributed by atoms with van der Waals surface area (Å²) >= 11 is 0. The number of methoxy groups -OCH3 is 2. The van der Waals surface area contributed by atoms with E-state index in [1.807, 2.05) is 24.3 Å². The van der Waals surface area contributed by atoms with Crippen molar-refractivity contribution in [3.05, 3.63) is 70.1 Å². The predicted molar refractivity (Wildman–Crippen MR) is 104 cm³/mol. The van der Waals surface area contributed by atoms with Crippen molar-refractivity contribution in [2.75, 3.05) is 20.8 Å². The molecule has 1 aliphatic rings. The molecule has 140 valence electrons. The summed E-state index contributed by atoms with van der Waals surface area (Å²) in [5.41, 5.74) is 2.47. The highest BCUT2D eigenvalue weighted by Crippen LogP contribution is 2.35. The predicted octanol–water partition coefficient (Wildman–Crippen LogP) is 4.15. The average Bonchev–Trinajstić information content (AvgIpc) is 3.15. The van der Waals surface area contributed by atoms with Crippen LogP contribution >= 0.6 is 0 Å². The number of ether oxygens (including phenoxy) is 2. The lowest BCUT2D eigenvalue weighted by molar-refractivity contribution is 0.248. The van der Waals surface area contributed by atoms with Gasteiger partial charge in [-0.3, -0.25) is 4.90 Å². The van der Waals surface area contributed by atoms with Crippen molar-refractivity contribution in [1.29, 1.82) is 0 Å². The minimum absolute atomic E-state index is 0.320. The van der Waals surface area contributed by atoms with E-state index >= 15 is 0 Å². The fraction of sp³-hybridized carbons (Fsp3) is 0.318. The van der Waals surface area contributed by atoms with E-state index in [0.29, 0.717) is 23.9 Å². The molecule has 0 radical (unpaired) electrons. The Morgan fingerprint density at radius 1 is 1.07 bits per heavy atom. The third-order valence-corrected chi connectivity index (χ3v) is 5.25. The molecule has 3 aromatic rings. The molecule has 0 N–H and O–H groups in total. The molecule has 1 saturated heterocycles. The Balaban J connectivity index is 1.67. The number of nitrogens with zero attached hydrogens (tertiary/aromatic N) is 1. The molecule has 0 aliphatic carbocycles. The summed E-state index contributed by atoms with van der Waals surface area (Å²) in [5, 5.41) is 0.951. The van der Waals surface area contributed by atoms with E-state index in [1.54, 1.807) is 26.4 Å². The lowest BCUT2D eigenvalue weighted by Gasteiger charge is -2.25. The summed E-state index contributed by atoms with van der Waals surface area (Å²) in [6.07, 6.45) is 2.23. The molecule has 0 bridgehead atoms. The maximum Gasteiger partial charge on any atom is 0.336 e. The van der Waals surface area contributed by atoms with Crippen LogP contribution in [-0.2, 0) is 6.54 Å². The molecule has 5 nitrogen and oxygen atoms in total. The number of hydrogen-bond acceptors (Lipinski definition) is 5. The van der Waals surface area contributed by atoms with E-state index in [2.05, 4.69) is 17.0 Å². The first-order chi connectivity index (χ1) is 13.2. The van der Waals surface area contributed by atoms with Crippen LogP contribution in [-0.4, -0.2) is 25.7 Å². The molecule has 2 heterocycles. The van der Waals surface area contributed by atoms with Gasteiger partial charge in [-0.25, -0.2) is 4.79 Å². The third-order valence-electron chi connectivity index (χ3n) is 5.25. The zero-order chi connectivity index (χ0) is 18.8. The molecule has 0 amide bonds. The van der Waals surface area contributed by atoms with Crippen LogP contribution in [0.4, 0.5) is 0 Å². The smallest absolute Gasteiger partial charge is 0.336 e. The summed E-state index contributed by atoms with van der Waals surface area (Å²) < 4.78 is 16.0. The van der Waals surface area contributed by atoms with Crippen LogP contribution in [0.5, 0.6) is 11.5 Å². The fourth-order valence-electron chi connectivity index (χ4n) is 3.93. The molecule has 5 heteroatoms. The first-order valence-corrected chi connectivity index (χ1v) is 9.16. The summed E-state index contributed by atoms with van der Waals surface area (Å²) in [6.45, 7) is 1.70. The first kappa shape index (κ1) is 17.6. The summed E-state index contributed by atoms with van der Waals surface area (Å²) in [7, 11) is 3.29. The van der Waals surface area contributed by atoms with E-state index in [0.717, 1.165) is 36.1 Å². The van der Waals surface area contributed by atoms with Gasteiger partial charge in [-0.15, -0.1) is 0 Å². The molecule has 27 heavy (non-hydrogen) atoms. The Bertz CT molecular complexity index is 1010. The van der Waals surface area contributed by atoms with Crippen LogP contribution in [0.2, 0.25) is 0 Å². The zero-order valence-corrected chi connectivity index (χ0v) is 15.6. The Labute approximate surface area is 158 Å².